The van der Waals surface area contributed by atoms with Gasteiger partial charge in [0.2, 0.25) is 0 Å². The third-order valence-corrected chi connectivity index (χ3v) is 12.6. The molecule has 0 aromatic heterocycles. The first-order valence-electron chi connectivity index (χ1n) is 15.6. The second-order valence-electron chi connectivity index (χ2n) is 12.1. The van der Waals surface area contributed by atoms with E-state index in [4.69, 9.17) is 15.2 Å². The Bertz CT molecular complexity index is 892. The number of ether oxygens (including phenoxy) is 1. The number of alkyl halides is 1. The smallest absolute Gasteiger partial charge is 0.259 e. The molecule has 1 N–H and O–H groups in total. The van der Waals surface area contributed by atoms with Crippen LogP contribution >= 0.6 is 30.1 Å². The van der Waals surface area contributed by atoms with Crippen molar-refractivity contribution in [2.24, 2.45) is 0 Å². The third-order valence-electron chi connectivity index (χ3n) is 7.13. The Hall–Kier alpha value is -0.390. The molecule has 0 spiro atoms. The van der Waals surface area contributed by atoms with Gasteiger partial charge >= 0.3 is 0 Å². The van der Waals surface area contributed by atoms with Crippen LogP contribution in [0.25, 0.3) is 0 Å². The van der Waals surface area contributed by atoms with Crippen molar-refractivity contribution in [1.82, 2.24) is 19.8 Å². The number of unbranched alkanes of at least 4 members (excludes halogenated alkanes) is 1. The van der Waals surface area contributed by atoms with Gasteiger partial charge < -0.3 is 28.9 Å². The SMILES string of the molecule is [2H]CC1OC(N2C=CC(=O)NC2=C)C(F)C1OP(OCCCCSSC(C)(C)CN1CCCCC1)N(C(C)C)C(C)C. The Morgan fingerprint density at radius 3 is 2.61 bits per heavy atom. The molecule has 0 aromatic carbocycles. The van der Waals surface area contributed by atoms with Gasteiger partial charge in [-0.1, -0.05) is 34.6 Å². The Morgan fingerprint density at radius 2 is 1.98 bits per heavy atom. The molecule has 0 radical (unpaired) electrons. The molecule has 0 aliphatic carbocycles. The maximum absolute atomic E-state index is 15.9. The van der Waals surface area contributed by atoms with Crippen molar-refractivity contribution >= 4 is 36.0 Å². The molecule has 12 heteroatoms. The highest BCUT2D eigenvalue weighted by molar-refractivity contribution is 8.77. The van der Waals surface area contributed by atoms with E-state index in [-0.39, 0.29) is 35.5 Å². The summed E-state index contributed by atoms with van der Waals surface area (Å²) in [6, 6.07) is 0.242. The van der Waals surface area contributed by atoms with Crippen molar-refractivity contribution < 1.29 is 24.3 Å². The molecule has 5 atom stereocenters. The van der Waals surface area contributed by atoms with Crippen molar-refractivity contribution in [3.8, 4) is 0 Å². The number of carbonyl (C=O) groups excluding carboxylic acids is 1. The summed E-state index contributed by atoms with van der Waals surface area (Å²) < 4.78 is 45.0. The van der Waals surface area contributed by atoms with Gasteiger partial charge in [0, 0.05) is 42.8 Å². The van der Waals surface area contributed by atoms with Crippen LogP contribution in [0.4, 0.5) is 4.39 Å². The molecule has 1 amide bonds. The zero-order valence-electron chi connectivity index (χ0n) is 26.7. The molecule has 0 bridgehead atoms. The largest absolute Gasteiger partial charge is 0.349 e. The van der Waals surface area contributed by atoms with Crippen LogP contribution in [0.5, 0.6) is 0 Å². The lowest BCUT2D eigenvalue weighted by Gasteiger charge is -2.37. The van der Waals surface area contributed by atoms with Gasteiger partial charge in [-0.15, -0.1) is 0 Å². The Kier molecular flexibility index (Phi) is 13.6. The lowest BCUT2D eigenvalue weighted by molar-refractivity contribution is -0.117. The van der Waals surface area contributed by atoms with E-state index < -0.39 is 33.1 Å². The van der Waals surface area contributed by atoms with E-state index in [1.165, 1.54) is 49.5 Å². The summed E-state index contributed by atoms with van der Waals surface area (Å²) in [6.45, 7) is 20.8. The summed E-state index contributed by atoms with van der Waals surface area (Å²) in [7, 11) is 2.32. The molecule has 0 saturated carbocycles. The van der Waals surface area contributed by atoms with Gasteiger partial charge in [-0.3, -0.25) is 4.79 Å². The Morgan fingerprint density at radius 1 is 1.27 bits per heavy atom. The zero-order chi connectivity index (χ0) is 30.9. The molecular weight excluding hydrogens is 582 g/mol. The predicted octanol–water partition coefficient (Wildman–Crippen LogP) is 6.66. The molecule has 2 fully saturated rings. The third kappa shape index (κ3) is 10.6. The zero-order valence-corrected chi connectivity index (χ0v) is 28.2. The minimum Gasteiger partial charge on any atom is -0.349 e. The fraction of sp³-hybridized carbons (Fsp3) is 0.828. The highest BCUT2D eigenvalue weighted by Crippen LogP contribution is 2.50. The number of carbonyl (C=O) groups is 1. The van der Waals surface area contributed by atoms with Crippen molar-refractivity contribution in [1.29, 1.82) is 0 Å². The van der Waals surface area contributed by atoms with E-state index >= 15 is 4.39 Å². The summed E-state index contributed by atoms with van der Waals surface area (Å²) in [6.07, 6.45) is 4.30. The van der Waals surface area contributed by atoms with Crippen molar-refractivity contribution in [2.45, 2.75) is 122 Å². The number of rotatable bonds is 16. The number of nitrogens with one attached hydrogen (secondary N) is 1. The van der Waals surface area contributed by atoms with E-state index in [0.29, 0.717) is 6.61 Å². The molecule has 5 unspecified atom stereocenters. The molecule has 3 heterocycles. The first-order chi connectivity index (χ1) is 19.9. The normalized spacial score (nSPS) is 27.3. The van der Waals surface area contributed by atoms with Gasteiger partial charge in [0.1, 0.15) is 11.9 Å². The summed E-state index contributed by atoms with van der Waals surface area (Å²) >= 11 is 0. The Balaban J connectivity index is 1.52. The van der Waals surface area contributed by atoms with Gasteiger partial charge in [0.15, 0.2) is 12.4 Å². The standard InChI is InChI=1S/C29H52FN4O4PS2/c1-21(2)34(22(3)4)39(36-18-12-13-19-40-41-29(7,8)20-32-15-10-9-11-16-32)38-27-23(5)37-28(26(27)30)33-17-14-25(35)31-24(33)6/h14,17,21-23,26-28H,6,9-13,15-16,18-20H2,1-5,7-8H3,(H,31,35)/i5D. The number of halogens is 1. The maximum atomic E-state index is 15.9. The van der Waals surface area contributed by atoms with Crippen LogP contribution < -0.4 is 5.32 Å². The summed E-state index contributed by atoms with van der Waals surface area (Å²) in [4.78, 5) is 15.7. The molecule has 41 heavy (non-hydrogen) atoms. The van der Waals surface area contributed by atoms with E-state index in [9.17, 15) is 4.79 Å². The number of piperidine rings is 1. The second-order valence-corrected chi connectivity index (χ2v) is 16.6. The van der Waals surface area contributed by atoms with Gasteiger partial charge in [0.05, 0.1) is 12.7 Å². The molecule has 3 aliphatic rings. The van der Waals surface area contributed by atoms with Crippen LogP contribution in [-0.2, 0) is 18.6 Å². The average molecular weight is 636 g/mol. The number of hydrogen-bond acceptors (Lipinski definition) is 9. The van der Waals surface area contributed by atoms with E-state index in [1.807, 2.05) is 21.6 Å². The summed E-state index contributed by atoms with van der Waals surface area (Å²) in [5.41, 5.74) is 0. The molecule has 8 nitrogen and oxygen atoms in total. The van der Waals surface area contributed by atoms with Gasteiger partial charge in [-0.05, 0) is 87.2 Å². The maximum Gasteiger partial charge on any atom is 0.259 e. The fourth-order valence-corrected chi connectivity index (χ4v) is 9.77. The van der Waals surface area contributed by atoms with E-state index in [2.05, 4.69) is 63.0 Å². The monoisotopic (exact) mass is 635 g/mol. The molecule has 236 valence electrons. The van der Waals surface area contributed by atoms with Crippen molar-refractivity contribution in [2.75, 3.05) is 32.0 Å². The van der Waals surface area contributed by atoms with Crippen molar-refractivity contribution in [3.05, 3.63) is 24.7 Å². The first kappa shape index (κ1) is 33.5. The van der Waals surface area contributed by atoms with Crippen LogP contribution in [0.15, 0.2) is 24.7 Å². The topological polar surface area (TPSA) is 66.5 Å². The predicted molar refractivity (Wildman–Crippen MR) is 171 cm³/mol. The highest BCUT2D eigenvalue weighted by atomic mass is 33.1. The number of hydrogen-bond donors (Lipinski definition) is 1. The average Bonchev–Trinajstić information content (AvgIpc) is 3.22. The first-order valence-corrected chi connectivity index (χ1v) is 18.3. The van der Waals surface area contributed by atoms with Crippen LogP contribution in [0, 0.1) is 0 Å². The van der Waals surface area contributed by atoms with Crippen LogP contribution in [0.2, 0.25) is 0 Å². The minimum atomic E-state index is -1.60. The molecule has 3 rings (SSSR count). The lowest BCUT2D eigenvalue weighted by atomic mass is 10.1. The lowest BCUT2D eigenvalue weighted by Crippen LogP contribution is -2.45. The molecule has 2 saturated heterocycles. The van der Waals surface area contributed by atoms with Crippen LogP contribution in [0.1, 0.15) is 81.9 Å². The number of amides is 1. The number of likely N-dealkylation sites (tertiary alicyclic amines) is 1. The summed E-state index contributed by atoms with van der Waals surface area (Å²) in [5, 5.41) is 2.58. The number of nitrogens with zero attached hydrogens (tertiary/aromatic N) is 3. The molecule has 0 aromatic rings. The fourth-order valence-electron chi connectivity index (χ4n) is 5.29. The molecule has 3 aliphatic heterocycles. The second kappa shape index (κ2) is 16.6. The van der Waals surface area contributed by atoms with Gasteiger partial charge in [0.25, 0.3) is 14.4 Å². The molecular formula is C29H52FN4O4PS2. The van der Waals surface area contributed by atoms with Crippen LogP contribution in [0.3, 0.4) is 0 Å². The van der Waals surface area contributed by atoms with E-state index in [0.717, 1.165) is 25.1 Å². The Labute approximate surface area is 258 Å². The summed E-state index contributed by atoms with van der Waals surface area (Å²) in [5.74, 6) is 0.952. The van der Waals surface area contributed by atoms with E-state index in [1.54, 1.807) is 0 Å². The van der Waals surface area contributed by atoms with Crippen LogP contribution in [-0.4, -0.2) is 93.8 Å². The quantitative estimate of drug-likeness (QED) is 0.114. The van der Waals surface area contributed by atoms with Crippen molar-refractivity contribution in [3.63, 3.8) is 0 Å². The van der Waals surface area contributed by atoms with Gasteiger partial charge in [-0.25, -0.2) is 9.06 Å². The highest BCUT2D eigenvalue weighted by Gasteiger charge is 2.49. The van der Waals surface area contributed by atoms with Gasteiger partial charge in [-0.2, -0.15) is 0 Å². The minimum absolute atomic E-state index is 0.121.